The van der Waals surface area contributed by atoms with Crippen molar-refractivity contribution in [1.82, 2.24) is 10.2 Å². The van der Waals surface area contributed by atoms with Gasteiger partial charge in [0, 0.05) is 24.0 Å². The van der Waals surface area contributed by atoms with Crippen molar-refractivity contribution >= 4 is 39.1 Å². The van der Waals surface area contributed by atoms with Crippen molar-refractivity contribution in [2.24, 2.45) is 0 Å². The third kappa shape index (κ3) is 8.36. The summed E-state index contributed by atoms with van der Waals surface area (Å²) in [5.41, 5.74) is 3.90. The van der Waals surface area contributed by atoms with Gasteiger partial charge in [-0.25, -0.2) is 8.42 Å². The number of carbonyl (C=O) groups excluding carboxylic acids is 2. The topological polar surface area (TPSA) is 86.8 Å². The smallest absolute Gasteiger partial charge is 0.264 e. The molecule has 9 heteroatoms. The maximum Gasteiger partial charge on any atom is 0.264 e. The molecule has 1 fully saturated rings. The van der Waals surface area contributed by atoms with E-state index >= 15 is 0 Å². The van der Waals surface area contributed by atoms with Crippen LogP contribution < -0.4 is 9.62 Å². The van der Waals surface area contributed by atoms with Crippen molar-refractivity contribution in [1.29, 1.82) is 0 Å². The molecule has 0 aromatic heterocycles. The van der Waals surface area contributed by atoms with Crippen molar-refractivity contribution in [3.63, 3.8) is 0 Å². The Labute approximate surface area is 277 Å². The molecule has 2 amide bonds. The van der Waals surface area contributed by atoms with Crippen molar-refractivity contribution < 1.29 is 18.0 Å². The first-order valence-electron chi connectivity index (χ1n) is 15.6. The van der Waals surface area contributed by atoms with Gasteiger partial charge >= 0.3 is 0 Å². The minimum absolute atomic E-state index is 0.0456. The number of nitrogens with one attached hydrogen (secondary N) is 1. The fourth-order valence-electron chi connectivity index (χ4n) is 5.79. The molecule has 1 saturated carbocycles. The van der Waals surface area contributed by atoms with E-state index in [4.69, 9.17) is 11.6 Å². The van der Waals surface area contributed by atoms with E-state index in [2.05, 4.69) is 5.32 Å². The molecular weight excluding hydrogens is 618 g/mol. The van der Waals surface area contributed by atoms with Crippen LogP contribution >= 0.6 is 11.6 Å². The average molecular weight is 658 g/mol. The maximum absolute atomic E-state index is 14.6. The Morgan fingerprint density at radius 3 is 2.00 bits per heavy atom. The molecule has 1 aliphatic carbocycles. The lowest BCUT2D eigenvalue weighted by Gasteiger charge is -2.34. The van der Waals surface area contributed by atoms with Gasteiger partial charge in [0.15, 0.2) is 0 Å². The zero-order valence-electron chi connectivity index (χ0n) is 26.2. The molecule has 1 N–H and O–H groups in total. The number of rotatable bonds is 12. The minimum atomic E-state index is -4.15. The number of carbonyl (C=O) groups is 2. The van der Waals surface area contributed by atoms with Gasteiger partial charge in [0.2, 0.25) is 11.8 Å². The number of benzene rings is 4. The first-order valence-corrected chi connectivity index (χ1v) is 17.5. The molecule has 7 nitrogen and oxygen atoms in total. The predicted octanol–water partition coefficient (Wildman–Crippen LogP) is 6.85. The molecule has 0 saturated heterocycles. The standard InChI is InChI=1S/C37H40ClN3O4S/c1-27-12-20-33(21-13-27)41(46(44,45)34-22-14-28(2)15-23-34)26-36(42)40(25-30-16-18-31(38)19-17-30)35(24-29-8-4-3-5-9-29)37(43)39-32-10-6-7-11-32/h3-5,8-9,12-23,32,35H,6-7,10-11,24-26H2,1-2H3,(H,39,43)/t35-/m0/s1. The average Bonchev–Trinajstić information content (AvgIpc) is 3.56. The van der Waals surface area contributed by atoms with Crippen LogP contribution in [0.1, 0.15) is 47.9 Å². The SMILES string of the molecule is Cc1ccc(N(CC(=O)N(Cc2ccc(Cl)cc2)[C@@H](Cc2ccccc2)C(=O)NC2CCCC2)S(=O)(=O)c2ccc(C)cc2)cc1. The second kappa shape index (κ2) is 15.0. The molecule has 46 heavy (non-hydrogen) atoms. The van der Waals surface area contributed by atoms with Gasteiger partial charge in [-0.05, 0) is 74.2 Å². The van der Waals surface area contributed by atoms with Crippen molar-refractivity contribution in [3.8, 4) is 0 Å². The van der Waals surface area contributed by atoms with Gasteiger partial charge in [-0.3, -0.25) is 13.9 Å². The largest absolute Gasteiger partial charge is 0.352 e. The quantitative estimate of drug-likeness (QED) is 0.181. The number of hydrogen-bond donors (Lipinski definition) is 1. The van der Waals surface area contributed by atoms with Crippen molar-refractivity contribution in [2.75, 3.05) is 10.8 Å². The highest BCUT2D eigenvalue weighted by molar-refractivity contribution is 7.92. The Balaban J connectivity index is 1.55. The van der Waals surface area contributed by atoms with E-state index in [0.717, 1.165) is 52.2 Å². The highest BCUT2D eigenvalue weighted by Gasteiger charge is 2.35. The third-order valence-corrected chi connectivity index (χ3v) is 10.5. The van der Waals surface area contributed by atoms with E-state index in [0.29, 0.717) is 10.7 Å². The van der Waals surface area contributed by atoms with Crippen LogP contribution in [0.5, 0.6) is 0 Å². The molecule has 4 aromatic carbocycles. The molecule has 4 aromatic rings. The summed E-state index contributed by atoms with van der Waals surface area (Å²) in [5, 5.41) is 3.75. The van der Waals surface area contributed by atoms with Crippen LogP contribution in [0.3, 0.4) is 0 Å². The molecule has 0 unspecified atom stereocenters. The second-order valence-electron chi connectivity index (χ2n) is 12.0. The summed E-state index contributed by atoms with van der Waals surface area (Å²) in [6, 6.07) is 29.5. The van der Waals surface area contributed by atoms with E-state index < -0.39 is 28.5 Å². The highest BCUT2D eigenvalue weighted by atomic mass is 35.5. The monoisotopic (exact) mass is 657 g/mol. The number of aryl methyl sites for hydroxylation is 2. The second-order valence-corrected chi connectivity index (χ2v) is 14.3. The van der Waals surface area contributed by atoms with E-state index in [1.807, 2.05) is 68.4 Å². The minimum Gasteiger partial charge on any atom is -0.352 e. The predicted molar refractivity (Wildman–Crippen MR) is 183 cm³/mol. The molecule has 1 aliphatic rings. The lowest BCUT2D eigenvalue weighted by molar-refractivity contribution is -0.140. The van der Waals surface area contributed by atoms with Crippen LogP contribution in [-0.2, 0) is 32.6 Å². The van der Waals surface area contributed by atoms with E-state index in [1.54, 1.807) is 48.5 Å². The summed E-state index contributed by atoms with van der Waals surface area (Å²) in [6.45, 7) is 3.40. The normalized spacial score (nSPS) is 14.1. The Morgan fingerprint density at radius 1 is 0.804 bits per heavy atom. The number of anilines is 1. The number of hydrogen-bond acceptors (Lipinski definition) is 4. The Kier molecular flexibility index (Phi) is 10.8. The Hall–Kier alpha value is -4.14. The van der Waals surface area contributed by atoms with E-state index in [1.165, 1.54) is 4.90 Å². The van der Waals surface area contributed by atoms with Crippen LogP contribution in [0.15, 0.2) is 108 Å². The number of nitrogens with zero attached hydrogens (tertiary/aromatic N) is 2. The molecule has 0 radical (unpaired) electrons. The number of amides is 2. The maximum atomic E-state index is 14.6. The first-order chi connectivity index (χ1) is 22.1. The molecule has 5 rings (SSSR count). The third-order valence-electron chi connectivity index (χ3n) is 8.45. The molecule has 1 atom stereocenters. The first kappa shape index (κ1) is 33.2. The van der Waals surface area contributed by atoms with Gasteiger partial charge in [-0.1, -0.05) is 102 Å². The molecule has 240 valence electrons. The van der Waals surface area contributed by atoms with Crippen molar-refractivity contribution in [2.45, 2.75) is 69.5 Å². The fraction of sp³-hybridized carbons (Fsp3) is 0.297. The van der Waals surface area contributed by atoms with Crippen molar-refractivity contribution in [3.05, 3.63) is 130 Å². The van der Waals surface area contributed by atoms with Crippen LogP contribution in [0.25, 0.3) is 0 Å². The lowest BCUT2D eigenvalue weighted by atomic mass is 10.0. The summed E-state index contributed by atoms with van der Waals surface area (Å²) in [7, 11) is -4.15. The number of sulfonamides is 1. The summed E-state index contributed by atoms with van der Waals surface area (Å²) in [6.07, 6.45) is 4.15. The summed E-state index contributed by atoms with van der Waals surface area (Å²) >= 11 is 6.17. The summed E-state index contributed by atoms with van der Waals surface area (Å²) in [4.78, 5) is 30.3. The van der Waals surface area contributed by atoms with E-state index in [9.17, 15) is 18.0 Å². The zero-order chi connectivity index (χ0) is 32.7. The van der Waals surface area contributed by atoms with Crippen LogP contribution in [0.2, 0.25) is 5.02 Å². The molecule has 0 heterocycles. The van der Waals surface area contributed by atoms with Gasteiger partial charge in [-0.2, -0.15) is 0 Å². The van der Waals surface area contributed by atoms with Crippen LogP contribution in [-0.4, -0.2) is 43.8 Å². The summed E-state index contributed by atoms with van der Waals surface area (Å²) < 4.78 is 29.5. The van der Waals surface area contributed by atoms with Gasteiger partial charge in [-0.15, -0.1) is 0 Å². The van der Waals surface area contributed by atoms with Crippen LogP contribution in [0.4, 0.5) is 5.69 Å². The fourth-order valence-corrected chi connectivity index (χ4v) is 7.33. The lowest BCUT2D eigenvalue weighted by Crippen LogP contribution is -2.54. The summed E-state index contributed by atoms with van der Waals surface area (Å²) in [5.74, 6) is -0.741. The highest BCUT2D eigenvalue weighted by Crippen LogP contribution is 2.26. The molecule has 0 spiro atoms. The Bertz CT molecular complexity index is 1720. The van der Waals surface area contributed by atoms with Gasteiger partial charge in [0.05, 0.1) is 10.6 Å². The van der Waals surface area contributed by atoms with Gasteiger partial charge in [0.25, 0.3) is 10.0 Å². The zero-order valence-corrected chi connectivity index (χ0v) is 27.8. The Morgan fingerprint density at radius 2 is 1.39 bits per heavy atom. The molecule has 0 aliphatic heterocycles. The van der Waals surface area contributed by atoms with E-state index in [-0.39, 0.29) is 29.8 Å². The van der Waals surface area contributed by atoms with Crippen LogP contribution in [0, 0.1) is 13.8 Å². The molecular formula is C37H40ClN3O4S. The number of halogens is 1. The van der Waals surface area contributed by atoms with Gasteiger partial charge in [0.1, 0.15) is 12.6 Å². The molecule has 0 bridgehead atoms. The van der Waals surface area contributed by atoms with Gasteiger partial charge < -0.3 is 10.2 Å².